The standard InChI is InChI=1S/C25H32ClN3O3/c1-3-17(2)32-21-11-7-10-19(14-21)27-16-24(30)28-20-12-13-23(26)22(15-20)25(31)29-18-8-5-4-6-9-18/h7,10-15,17-18,27H,3-6,8-9,16H2,1-2H3,(H,28,30)(H,29,31). The second kappa shape index (κ2) is 11.8. The Balaban J connectivity index is 1.55. The molecule has 2 aromatic carbocycles. The van der Waals surface area contributed by atoms with Crippen molar-refractivity contribution >= 4 is 34.8 Å². The molecule has 0 bridgehead atoms. The number of carbonyl (C=O) groups excluding carboxylic acids is 2. The van der Waals surface area contributed by atoms with Crippen LogP contribution in [0.25, 0.3) is 0 Å². The Labute approximate surface area is 195 Å². The smallest absolute Gasteiger partial charge is 0.253 e. The number of hydrogen-bond acceptors (Lipinski definition) is 4. The lowest BCUT2D eigenvalue weighted by Crippen LogP contribution is -2.36. The number of benzene rings is 2. The molecule has 2 amide bonds. The molecule has 1 aliphatic rings. The van der Waals surface area contributed by atoms with Crippen LogP contribution in [0.2, 0.25) is 5.02 Å². The van der Waals surface area contributed by atoms with E-state index in [1.165, 1.54) is 6.42 Å². The quantitative estimate of drug-likeness (QED) is 0.456. The highest BCUT2D eigenvalue weighted by Crippen LogP contribution is 2.23. The number of halogens is 1. The predicted molar refractivity (Wildman–Crippen MR) is 130 cm³/mol. The van der Waals surface area contributed by atoms with Crippen molar-refractivity contribution in [2.75, 3.05) is 17.2 Å². The first-order valence-corrected chi connectivity index (χ1v) is 11.7. The number of amides is 2. The van der Waals surface area contributed by atoms with E-state index in [2.05, 4.69) is 22.9 Å². The number of ether oxygens (including phenoxy) is 1. The van der Waals surface area contributed by atoms with E-state index in [1.54, 1.807) is 18.2 Å². The number of nitrogens with one attached hydrogen (secondary N) is 3. The first kappa shape index (κ1) is 23.9. The largest absolute Gasteiger partial charge is 0.491 e. The van der Waals surface area contributed by atoms with Gasteiger partial charge in [-0.2, -0.15) is 0 Å². The highest BCUT2D eigenvalue weighted by atomic mass is 35.5. The minimum Gasteiger partial charge on any atom is -0.491 e. The Morgan fingerprint density at radius 2 is 1.88 bits per heavy atom. The monoisotopic (exact) mass is 457 g/mol. The summed E-state index contributed by atoms with van der Waals surface area (Å²) in [5.74, 6) is 0.338. The van der Waals surface area contributed by atoms with Crippen LogP contribution in [-0.4, -0.2) is 30.5 Å². The minimum atomic E-state index is -0.223. The molecule has 0 aromatic heterocycles. The summed E-state index contributed by atoms with van der Waals surface area (Å²) >= 11 is 6.25. The van der Waals surface area contributed by atoms with Crippen LogP contribution in [0.3, 0.4) is 0 Å². The molecule has 0 aliphatic heterocycles. The third kappa shape index (κ3) is 7.16. The maximum atomic E-state index is 12.7. The van der Waals surface area contributed by atoms with Crippen LogP contribution in [0.15, 0.2) is 42.5 Å². The molecule has 32 heavy (non-hydrogen) atoms. The van der Waals surface area contributed by atoms with Gasteiger partial charge in [-0.3, -0.25) is 9.59 Å². The number of carbonyl (C=O) groups is 2. The molecule has 7 heteroatoms. The Morgan fingerprint density at radius 1 is 1.09 bits per heavy atom. The summed E-state index contributed by atoms with van der Waals surface area (Å²) in [5.41, 5.74) is 1.70. The molecule has 0 saturated heterocycles. The van der Waals surface area contributed by atoms with Crippen molar-refractivity contribution in [1.82, 2.24) is 5.32 Å². The van der Waals surface area contributed by atoms with Crippen molar-refractivity contribution in [3.05, 3.63) is 53.1 Å². The SMILES string of the molecule is CCC(C)Oc1cccc(NCC(=O)Nc2ccc(Cl)c(C(=O)NC3CCCCC3)c2)c1. The molecule has 6 nitrogen and oxygen atoms in total. The van der Waals surface area contributed by atoms with Gasteiger partial charge < -0.3 is 20.7 Å². The van der Waals surface area contributed by atoms with E-state index in [0.717, 1.165) is 43.5 Å². The van der Waals surface area contributed by atoms with Gasteiger partial charge in [-0.15, -0.1) is 0 Å². The number of rotatable bonds is 9. The normalized spacial score (nSPS) is 15.0. The molecule has 2 aromatic rings. The highest BCUT2D eigenvalue weighted by Gasteiger charge is 2.19. The highest BCUT2D eigenvalue weighted by molar-refractivity contribution is 6.34. The molecular formula is C25H32ClN3O3. The predicted octanol–water partition coefficient (Wildman–Crippen LogP) is 5.63. The van der Waals surface area contributed by atoms with Gasteiger partial charge >= 0.3 is 0 Å². The van der Waals surface area contributed by atoms with Crippen molar-refractivity contribution in [2.45, 2.75) is 64.5 Å². The Kier molecular flexibility index (Phi) is 8.80. The van der Waals surface area contributed by atoms with Gasteiger partial charge in [-0.1, -0.05) is 43.9 Å². The molecule has 0 radical (unpaired) electrons. The van der Waals surface area contributed by atoms with Crippen LogP contribution < -0.4 is 20.7 Å². The zero-order valence-electron chi connectivity index (χ0n) is 18.7. The number of hydrogen-bond donors (Lipinski definition) is 3. The van der Waals surface area contributed by atoms with Crippen LogP contribution in [0.1, 0.15) is 62.7 Å². The molecule has 172 valence electrons. The lowest BCUT2D eigenvalue weighted by Gasteiger charge is -2.23. The van der Waals surface area contributed by atoms with Gasteiger partial charge in [-0.05, 0) is 56.5 Å². The van der Waals surface area contributed by atoms with Crippen molar-refractivity contribution in [2.24, 2.45) is 0 Å². The average Bonchev–Trinajstić information content (AvgIpc) is 2.79. The van der Waals surface area contributed by atoms with Crippen LogP contribution in [0, 0.1) is 0 Å². The molecule has 3 rings (SSSR count). The lowest BCUT2D eigenvalue weighted by atomic mass is 9.95. The fourth-order valence-electron chi connectivity index (χ4n) is 3.67. The van der Waals surface area contributed by atoms with E-state index in [4.69, 9.17) is 16.3 Å². The van der Waals surface area contributed by atoms with Crippen LogP contribution in [-0.2, 0) is 4.79 Å². The zero-order chi connectivity index (χ0) is 22.9. The van der Waals surface area contributed by atoms with E-state index >= 15 is 0 Å². The molecule has 1 saturated carbocycles. The topological polar surface area (TPSA) is 79.5 Å². The third-order valence-corrected chi connectivity index (χ3v) is 5.96. The van der Waals surface area contributed by atoms with E-state index in [0.29, 0.717) is 16.3 Å². The summed E-state index contributed by atoms with van der Waals surface area (Å²) in [4.78, 5) is 25.1. The summed E-state index contributed by atoms with van der Waals surface area (Å²) in [6.07, 6.45) is 6.52. The zero-order valence-corrected chi connectivity index (χ0v) is 19.5. The van der Waals surface area contributed by atoms with E-state index in [9.17, 15) is 9.59 Å². The summed E-state index contributed by atoms with van der Waals surface area (Å²) in [5, 5.41) is 9.36. The van der Waals surface area contributed by atoms with Gasteiger partial charge in [0.2, 0.25) is 5.91 Å². The Hall–Kier alpha value is -2.73. The first-order chi connectivity index (χ1) is 15.4. The molecule has 3 N–H and O–H groups in total. The molecule has 1 unspecified atom stereocenters. The van der Waals surface area contributed by atoms with Crippen molar-refractivity contribution in [3.8, 4) is 5.75 Å². The van der Waals surface area contributed by atoms with E-state index in [1.807, 2.05) is 31.2 Å². The van der Waals surface area contributed by atoms with Crippen LogP contribution in [0.4, 0.5) is 11.4 Å². The van der Waals surface area contributed by atoms with Gasteiger partial charge in [0.05, 0.1) is 23.2 Å². The third-order valence-electron chi connectivity index (χ3n) is 5.63. The second-order valence-corrected chi connectivity index (χ2v) is 8.68. The fraction of sp³-hybridized carbons (Fsp3) is 0.440. The maximum Gasteiger partial charge on any atom is 0.253 e. The number of anilines is 2. The summed E-state index contributed by atoms with van der Waals surface area (Å²) in [6, 6.07) is 12.7. The van der Waals surface area contributed by atoms with Crippen molar-refractivity contribution in [3.63, 3.8) is 0 Å². The van der Waals surface area contributed by atoms with E-state index in [-0.39, 0.29) is 30.5 Å². The van der Waals surface area contributed by atoms with Gasteiger partial charge in [-0.25, -0.2) is 0 Å². The molecule has 1 aliphatic carbocycles. The summed E-state index contributed by atoms with van der Waals surface area (Å²) < 4.78 is 5.82. The van der Waals surface area contributed by atoms with Gasteiger partial charge in [0.15, 0.2) is 0 Å². The second-order valence-electron chi connectivity index (χ2n) is 8.27. The molecule has 0 spiro atoms. The van der Waals surface area contributed by atoms with Crippen molar-refractivity contribution < 1.29 is 14.3 Å². The Bertz CT molecular complexity index is 928. The Morgan fingerprint density at radius 3 is 2.62 bits per heavy atom. The molecule has 1 fully saturated rings. The van der Waals surface area contributed by atoms with Crippen LogP contribution in [0.5, 0.6) is 5.75 Å². The summed E-state index contributed by atoms with van der Waals surface area (Å²) in [7, 11) is 0. The summed E-state index contributed by atoms with van der Waals surface area (Å²) in [6.45, 7) is 4.17. The molecule has 0 heterocycles. The van der Waals surface area contributed by atoms with Gasteiger partial charge in [0.25, 0.3) is 5.91 Å². The molecular weight excluding hydrogens is 426 g/mol. The average molecular weight is 458 g/mol. The maximum absolute atomic E-state index is 12.7. The van der Waals surface area contributed by atoms with Gasteiger partial charge in [0, 0.05) is 23.5 Å². The fourth-order valence-corrected chi connectivity index (χ4v) is 3.87. The molecule has 1 atom stereocenters. The lowest BCUT2D eigenvalue weighted by molar-refractivity contribution is -0.114. The first-order valence-electron chi connectivity index (χ1n) is 11.4. The van der Waals surface area contributed by atoms with Crippen molar-refractivity contribution in [1.29, 1.82) is 0 Å². The minimum absolute atomic E-state index is 0.0824. The van der Waals surface area contributed by atoms with Crippen LogP contribution >= 0.6 is 11.6 Å². The van der Waals surface area contributed by atoms with E-state index < -0.39 is 0 Å². The van der Waals surface area contributed by atoms with Gasteiger partial charge in [0.1, 0.15) is 5.75 Å².